The third kappa shape index (κ3) is 7.68. The highest BCUT2D eigenvalue weighted by molar-refractivity contribution is 14.0. The van der Waals surface area contributed by atoms with Crippen LogP contribution in [0.3, 0.4) is 0 Å². The maximum atomic E-state index is 5.86. The van der Waals surface area contributed by atoms with E-state index in [1.165, 1.54) is 0 Å². The molecule has 130 valence electrons. The zero-order valence-electron chi connectivity index (χ0n) is 14.2. The highest BCUT2D eigenvalue weighted by Gasteiger charge is 1.99. The molecule has 24 heavy (non-hydrogen) atoms. The number of para-hydroxylation sites is 1. The van der Waals surface area contributed by atoms with E-state index in [9.17, 15) is 0 Å². The van der Waals surface area contributed by atoms with Gasteiger partial charge in [0.1, 0.15) is 12.4 Å². The summed E-state index contributed by atoms with van der Waals surface area (Å²) in [5.41, 5.74) is 8.10. The predicted octanol–water partition coefficient (Wildman–Crippen LogP) is 3.94. The van der Waals surface area contributed by atoms with Crippen LogP contribution in [0.15, 0.2) is 59.6 Å². The summed E-state index contributed by atoms with van der Waals surface area (Å²) in [7, 11) is 0. The van der Waals surface area contributed by atoms with Gasteiger partial charge in [0, 0.05) is 6.54 Å². The quantitative estimate of drug-likeness (QED) is 0.390. The number of hydrogen-bond acceptors (Lipinski definition) is 2. The summed E-state index contributed by atoms with van der Waals surface area (Å²) in [6, 6.07) is 18.0. The number of guanidine groups is 1. The first-order valence-corrected chi connectivity index (χ1v) is 7.93. The van der Waals surface area contributed by atoms with E-state index in [0.717, 1.165) is 23.4 Å². The number of halogens is 1. The molecular weight excluding hydrogens is 413 g/mol. The first-order valence-electron chi connectivity index (χ1n) is 7.93. The number of nitrogens with one attached hydrogen (secondary N) is 1. The van der Waals surface area contributed by atoms with E-state index < -0.39 is 0 Å². The lowest BCUT2D eigenvalue weighted by Gasteiger charge is -2.09. The Morgan fingerprint density at radius 3 is 2.50 bits per heavy atom. The van der Waals surface area contributed by atoms with Crippen molar-refractivity contribution >= 4 is 29.9 Å². The molecule has 2 aromatic carbocycles. The molecule has 0 unspecified atom stereocenters. The number of nitrogens with two attached hydrogens (primary N) is 1. The maximum Gasteiger partial charge on any atom is 0.188 e. The molecule has 0 atom stereocenters. The van der Waals surface area contributed by atoms with E-state index in [4.69, 9.17) is 10.5 Å². The molecule has 4 nitrogen and oxygen atoms in total. The second kappa shape index (κ2) is 10.9. The molecule has 2 aromatic rings. The van der Waals surface area contributed by atoms with Crippen LogP contribution in [0, 0.1) is 5.92 Å². The normalized spacial score (nSPS) is 11.0. The van der Waals surface area contributed by atoms with Gasteiger partial charge in [-0.15, -0.1) is 24.0 Å². The molecular formula is C19H26IN3O. The van der Waals surface area contributed by atoms with E-state index in [1.54, 1.807) is 0 Å². The van der Waals surface area contributed by atoms with E-state index >= 15 is 0 Å². The predicted molar refractivity (Wildman–Crippen MR) is 111 cm³/mol. The molecule has 2 rings (SSSR count). The van der Waals surface area contributed by atoms with E-state index in [2.05, 4.69) is 36.3 Å². The number of rotatable bonds is 7. The van der Waals surface area contributed by atoms with Crippen molar-refractivity contribution in [3.63, 3.8) is 0 Å². The molecule has 3 N–H and O–H groups in total. The minimum absolute atomic E-state index is 0. The fourth-order valence-electron chi connectivity index (χ4n) is 2.04. The summed E-state index contributed by atoms with van der Waals surface area (Å²) in [5.74, 6) is 1.91. The summed E-state index contributed by atoms with van der Waals surface area (Å²) in [6.07, 6.45) is 0. The molecule has 0 bridgehead atoms. The zero-order valence-corrected chi connectivity index (χ0v) is 16.6. The molecule has 0 amide bonds. The highest BCUT2D eigenvalue weighted by atomic mass is 127. The Bertz CT molecular complexity index is 630. The molecule has 0 saturated heterocycles. The number of hydrogen-bond donors (Lipinski definition) is 2. The number of benzene rings is 2. The molecule has 0 saturated carbocycles. The summed E-state index contributed by atoms with van der Waals surface area (Å²) in [5, 5.41) is 3.12. The second-order valence-corrected chi connectivity index (χ2v) is 5.90. The van der Waals surface area contributed by atoms with Crippen LogP contribution >= 0.6 is 24.0 Å². The van der Waals surface area contributed by atoms with E-state index in [-0.39, 0.29) is 24.0 Å². The molecule has 0 aliphatic carbocycles. The lowest BCUT2D eigenvalue weighted by atomic mass is 10.1. The minimum atomic E-state index is 0. The standard InChI is InChI=1S/C19H25N3O.HI/c1-15(2)12-21-19(20)22-13-16-7-6-8-17(11-16)14-23-18-9-4-3-5-10-18;/h3-11,15H,12-14H2,1-2H3,(H3,20,21,22);1H. The Labute approximate surface area is 161 Å². The van der Waals surface area contributed by atoms with Crippen molar-refractivity contribution in [2.24, 2.45) is 16.6 Å². The second-order valence-electron chi connectivity index (χ2n) is 5.90. The Morgan fingerprint density at radius 1 is 1.08 bits per heavy atom. The average molecular weight is 439 g/mol. The molecule has 5 heteroatoms. The molecule has 0 aromatic heterocycles. The topological polar surface area (TPSA) is 59.6 Å². The minimum Gasteiger partial charge on any atom is -0.489 e. The smallest absolute Gasteiger partial charge is 0.188 e. The fraction of sp³-hybridized carbons (Fsp3) is 0.316. The summed E-state index contributed by atoms with van der Waals surface area (Å²) < 4.78 is 5.76. The number of nitrogens with zero attached hydrogens (tertiary/aromatic N) is 1. The van der Waals surface area contributed by atoms with Crippen molar-refractivity contribution in [3.8, 4) is 5.75 Å². The van der Waals surface area contributed by atoms with Crippen LogP contribution in [0.5, 0.6) is 5.75 Å². The van der Waals surface area contributed by atoms with Crippen LogP contribution < -0.4 is 15.8 Å². The Hall–Kier alpha value is -1.76. The van der Waals surface area contributed by atoms with Crippen molar-refractivity contribution in [1.29, 1.82) is 0 Å². The van der Waals surface area contributed by atoms with Crippen molar-refractivity contribution in [1.82, 2.24) is 5.32 Å². The van der Waals surface area contributed by atoms with Crippen molar-refractivity contribution in [3.05, 3.63) is 65.7 Å². The first-order chi connectivity index (χ1) is 11.1. The van der Waals surface area contributed by atoms with Crippen molar-refractivity contribution in [2.45, 2.75) is 27.0 Å². The van der Waals surface area contributed by atoms with Crippen LogP contribution in [0.2, 0.25) is 0 Å². The summed E-state index contributed by atoms with van der Waals surface area (Å²) in [6.45, 7) is 6.21. The third-order valence-corrected chi connectivity index (χ3v) is 3.26. The largest absolute Gasteiger partial charge is 0.489 e. The van der Waals surface area contributed by atoms with E-state index in [0.29, 0.717) is 25.0 Å². The Balaban J connectivity index is 0.00000288. The van der Waals surface area contributed by atoms with Gasteiger partial charge in [-0.3, -0.25) is 0 Å². The third-order valence-electron chi connectivity index (χ3n) is 3.26. The average Bonchev–Trinajstić information content (AvgIpc) is 2.57. The van der Waals surface area contributed by atoms with Crippen LogP contribution in [0.4, 0.5) is 0 Å². The molecule has 0 aliphatic heterocycles. The summed E-state index contributed by atoms with van der Waals surface area (Å²) in [4.78, 5) is 4.37. The van der Waals surface area contributed by atoms with E-state index in [1.807, 2.05) is 42.5 Å². The van der Waals surface area contributed by atoms with Gasteiger partial charge in [-0.2, -0.15) is 0 Å². The van der Waals surface area contributed by atoms with Gasteiger partial charge in [0.25, 0.3) is 0 Å². The molecule has 0 aliphatic rings. The van der Waals surface area contributed by atoms with Crippen LogP contribution in [-0.2, 0) is 13.2 Å². The number of aliphatic imine (C=N–C) groups is 1. The Morgan fingerprint density at radius 2 is 1.79 bits per heavy atom. The van der Waals surface area contributed by atoms with Gasteiger partial charge in [-0.05, 0) is 29.2 Å². The summed E-state index contributed by atoms with van der Waals surface area (Å²) >= 11 is 0. The lowest BCUT2D eigenvalue weighted by molar-refractivity contribution is 0.306. The van der Waals surface area contributed by atoms with Gasteiger partial charge >= 0.3 is 0 Å². The van der Waals surface area contributed by atoms with Crippen molar-refractivity contribution in [2.75, 3.05) is 6.54 Å². The van der Waals surface area contributed by atoms with Gasteiger partial charge in [-0.1, -0.05) is 56.3 Å². The van der Waals surface area contributed by atoms with Gasteiger partial charge in [0.2, 0.25) is 0 Å². The monoisotopic (exact) mass is 439 g/mol. The van der Waals surface area contributed by atoms with Gasteiger partial charge in [-0.25, -0.2) is 4.99 Å². The maximum absolute atomic E-state index is 5.86. The van der Waals surface area contributed by atoms with Gasteiger partial charge in [0.05, 0.1) is 6.54 Å². The molecule has 0 spiro atoms. The van der Waals surface area contributed by atoms with Crippen molar-refractivity contribution < 1.29 is 4.74 Å². The fourth-order valence-corrected chi connectivity index (χ4v) is 2.04. The van der Waals surface area contributed by atoms with Crippen LogP contribution in [0.25, 0.3) is 0 Å². The molecule has 0 heterocycles. The zero-order chi connectivity index (χ0) is 16.5. The first kappa shape index (κ1) is 20.3. The van der Waals surface area contributed by atoms with Gasteiger partial charge < -0.3 is 15.8 Å². The molecule has 0 fully saturated rings. The highest BCUT2D eigenvalue weighted by Crippen LogP contribution is 2.13. The van der Waals surface area contributed by atoms with Crippen LogP contribution in [-0.4, -0.2) is 12.5 Å². The SMILES string of the molecule is CC(C)CNC(N)=NCc1cccc(COc2ccccc2)c1.I. The van der Waals surface area contributed by atoms with Crippen LogP contribution in [0.1, 0.15) is 25.0 Å². The molecule has 0 radical (unpaired) electrons. The lowest BCUT2D eigenvalue weighted by Crippen LogP contribution is -2.34. The van der Waals surface area contributed by atoms with Gasteiger partial charge in [0.15, 0.2) is 5.96 Å². The number of ether oxygens (including phenoxy) is 1. The Kier molecular flexibility index (Phi) is 9.22.